The molecule has 1 aliphatic heterocycles. The fraction of sp³-hybridized carbons (Fsp3) is 0.500. The summed E-state index contributed by atoms with van der Waals surface area (Å²) in [5.74, 6) is -0.0225. The van der Waals surface area contributed by atoms with Crippen LogP contribution in [0.25, 0.3) is 0 Å². The molecule has 1 aromatic rings. The second kappa shape index (κ2) is 7.06. The molecule has 3 nitrogen and oxygen atoms in total. The van der Waals surface area contributed by atoms with E-state index in [0.29, 0.717) is 13.1 Å². The van der Waals surface area contributed by atoms with Crippen molar-refractivity contribution < 1.29 is 18.0 Å². The van der Waals surface area contributed by atoms with Gasteiger partial charge in [0.2, 0.25) is 0 Å². The molecule has 0 saturated carbocycles. The molecule has 116 valence electrons. The second-order valence-corrected chi connectivity index (χ2v) is 6.02. The highest BCUT2D eigenvalue weighted by molar-refractivity contribution is 7.99. The first kappa shape index (κ1) is 16.0. The van der Waals surface area contributed by atoms with E-state index in [0.717, 1.165) is 11.5 Å². The first-order valence-electron chi connectivity index (χ1n) is 6.70. The van der Waals surface area contributed by atoms with Crippen LogP contribution in [0.3, 0.4) is 0 Å². The zero-order chi connectivity index (χ0) is 15.3. The van der Waals surface area contributed by atoms with Crippen molar-refractivity contribution in [1.82, 2.24) is 10.2 Å². The summed E-state index contributed by atoms with van der Waals surface area (Å²) < 4.78 is 39.4. The minimum atomic E-state index is -4.38. The molecule has 1 saturated heterocycles. The number of rotatable bonds is 3. The third kappa shape index (κ3) is 4.56. The predicted octanol–water partition coefficient (Wildman–Crippen LogP) is 3.09. The number of hydrogen-bond donors (Lipinski definition) is 1. The van der Waals surface area contributed by atoms with Gasteiger partial charge in [0, 0.05) is 31.1 Å². The molecule has 2 amide bonds. The van der Waals surface area contributed by atoms with E-state index in [1.54, 1.807) is 34.9 Å². The van der Waals surface area contributed by atoms with Crippen molar-refractivity contribution in [2.45, 2.75) is 12.1 Å². The summed E-state index contributed by atoms with van der Waals surface area (Å²) in [6.07, 6.45) is -4.38. The number of urea groups is 1. The van der Waals surface area contributed by atoms with Crippen LogP contribution in [0.1, 0.15) is 11.5 Å². The molecule has 1 fully saturated rings. The van der Waals surface area contributed by atoms with Crippen molar-refractivity contribution in [3.8, 4) is 0 Å². The van der Waals surface area contributed by atoms with Gasteiger partial charge in [-0.15, -0.1) is 0 Å². The lowest BCUT2D eigenvalue weighted by molar-refractivity contribution is -0.149. The Bertz CT molecular complexity index is 461. The monoisotopic (exact) mass is 318 g/mol. The van der Waals surface area contributed by atoms with Crippen LogP contribution in [0.4, 0.5) is 18.0 Å². The lowest BCUT2D eigenvalue weighted by Crippen LogP contribution is -2.46. The molecule has 1 aromatic carbocycles. The van der Waals surface area contributed by atoms with Crippen LogP contribution < -0.4 is 5.32 Å². The van der Waals surface area contributed by atoms with E-state index in [-0.39, 0.29) is 5.56 Å². The number of hydrogen-bond acceptors (Lipinski definition) is 2. The lowest BCUT2D eigenvalue weighted by atomic mass is 9.98. The Morgan fingerprint density at radius 1 is 1.24 bits per heavy atom. The van der Waals surface area contributed by atoms with Gasteiger partial charge in [0.25, 0.3) is 0 Å². The van der Waals surface area contributed by atoms with Crippen LogP contribution in [0.2, 0.25) is 0 Å². The first-order valence-corrected chi connectivity index (χ1v) is 7.86. The Morgan fingerprint density at radius 3 is 2.43 bits per heavy atom. The van der Waals surface area contributed by atoms with Crippen molar-refractivity contribution in [1.29, 1.82) is 0 Å². The molecule has 21 heavy (non-hydrogen) atoms. The van der Waals surface area contributed by atoms with Crippen LogP contribution in [-0.2, 0) is 0 Å². The summed E-state index contributed by atoms with van der Waals surface area (Å²) in [5.41, 5.74) is 0.166. The SMILES string of the molecule is O=C(NC[C@H](c1ccccc1)C(F)(F)F)N1CCSCC1. The Morgan fingerprint density at radius 2 is 1.86 bits per heavy atom. The number of halogens is 3. The van der Waals surface area contributed by atoms with E-state index in [1.807, 2.05) is 0 Å². The maximum Gasteiger partial charge on any atom is 0.397 e. The van der Waals surface area contributed by atoms with E-state index < -0.39 is 24.7 Å². The van der Waals surface area contributed by atoms with Crippen molar-refractivity contribution in [3.05, 3.63) is 35.9 Å². The summed E-state index contributed by atoms with van der Waals surface area (Å²) >= 11 is 1.74. The number of carbonyl (C=O) groups excluding carboxylic acids is 1. The number of nitrogens with zero attached hydrogens (tertiary/aromatic N) is 1. The fourth-order valence-corrected chi connectivity index (χ4v) is 3.08. The number of alkyl halides is 3. The number of nitrogens with one attached hydrogen (secondary N) is 1. The highest BCUT2D eigenvalue weighted by Crippen LogP contribution is 2.34. The third-order valence-electron chi connectivity index (χ3n) is 3.35. The Balaban J connectivity index is 1.98. The largest absolute Gasteiger partial charge is 0.397 e. The topological polar surface area (TPSA) is 32.3 Å². The normalized spacial score (nSPS) is 17.4. The molecule has 0 unspecified atom stereocenters. The van der Waals surface area contributed by atoms with Gasteiger partial charge in [-0.05, 0) is 5.56 Å². The van der Waals surface area contributed by atoms with Crippen LogP contribution >= 0.6 is 11.8 Å². The fourth-order valence-electron chi connectivity index (χ4n) is 2.18. The van der Waals surface area contributed by atoms with Crippen LogP contribution in [0, 0.1) is 0 Å². The zero-order valence-electron chi connectivity index (χ0n) is 11.4. The quantitative estimate of drug-likeness (QED) is 0.929. The first-order chi connectivity index (χ1) is 9.98. The lowest BCUT2D eigenvalue weighted by Gasteiger charge is -2.28. The molecule has 0 aromatic heterocycles. The smallest absolute Gasteiger partial charge is 0.337 e. The molecular weight excluding hydrogens is 301 g/mol. The van der Waals surface area contributed by atoms with E-state index >= 15 is 0 Å². The molecule has 0 aliphatic carbocycles. The summed E-state index contributed by atoms with van der Waals surface area (Å²) in [6, 6.07) is 7.25. The van der Waals surface area contributed by atoms with Gasteiger partial charge >= 0.3 is 12.2 Å². The second-order valence-electron chi connectivity index (χ2n) is 4.79. The third-order valence-corrected chi connectivity index (χ3v) is 4.30. The van der Waals surface area contributed by atoms with Gasteiger partial charge in [0.1, 0.15) is 0 Å². The minimum absolute atomic E-state index is 0.166. The summed E-state index contributed by atoms with van der Waals surface area (Å²) in [4.78, 5) is 13.5. The predicted molar refractivity (Wildman–Crippen MR) is 77.5 cm³/mol. The average Bonchev–Trinajstić information content (AvgIpc) is 2.48. The van der Waals surface area contributed by atoms with Gasteiger partial charge in [-0.25, -0.2) is 4.79 Å². The number of amides is 2. The minimum Gasteiger partial charge on any atom is -0.337 e. The van der Waals surface area contributed by atoms with Crippen LogP contribution in [-0.4, -0.2) is 48.2 Å². The Labute approximate surface area is 125 Å². The highest BCUT2D eigenvalue weighted by Gasteiger charge is 2.40. The molecule has 7 heteroatoms. The van der Waals surface area contributed by atoms with Crippen molar-refractivity contribution in [2.24, 2.45) is 0 Å². The van der Waals surface area contributed by atoms with Crippen molar-refractivity contribution in [3.63, 3.8) is 0 Å². The highest BCUT2D eigenvalue weighted by atomic mass is 32.2. The molecule has 0 spiro atoms. The van der Waals surface area contributed by atoms with Crippen LogP contribution in [0.15, 0.2) is 30.3 Å². The summed E-state index contributed by atoms with van der Waals surface area (Å²) in [7, 11) is 0. The van der Waals surface area contributed by atoms with E-state index in [4.69, 9.17) is 0 Å². The van der Waals surface area contributed by atoms with Gasteiger partial charge in [0.15, 0.2) is 0 Å². The van der Waals surface area contributed by atoms with E-state index in [9.17, 15) is 18.0 Å². The van der Waals surface area contributed by atoms with Crippen molar-refractivity contribution >= 4 is 17.8 Å². The Kier molecular flexibility index (Phi) is 5.39. The molecule has 2 rings (SSSR count). The van der Waals surface area contributed by atoms with E-state index in [1.165, 1.54) is 12.1 Å². The maximum atomic E-state index is 13.1. The number of carbonyl (C=O) groups is 1. The summed E-state index contributed by atoms with van der Waals surface area (Å²) in [6.45, 7) is 0.729. The molecule has 1 atom stereocenters. The molecular formula is C14H17F3N2OS. The Hall–Kier alpha value is -1.37. The number of thioether (sulfide) groups is 1. The van der Waals surface area contributed by atoms with Gasteiger partial charge in [0.05, 0.1) is 5.92 Å². The molecule has 0 radical (unpaired) electrons. The van der Waals surface area contributed by atoms with Crippen LogP contribution in [0.5, 0.6) is 0 Å². The molecule has 1 N–H and O–H groups in total. The zero-order valence-corrected chi connectivity index (χ0v) is 12.2. The van der Waals surface area contributed by atoms with Gasteiger partial charge < -0.3 is 10.2 Å². The van der Waals surface area contributed by atoms with Gasteiger partial charge in [-0.3, -0.25) is 0 Å². The van der Waals surface area contributed by atoms with Gasteiger partial charge in [-0.2, -0.15) is 24.9 Å². The molecule has 1 aliphatic rings. The van der Waals surface area contributed by atoms with Gasteiger partial charge in [-0.1, -0.05) is 30.3 Å². The molecule has 1 heterocycles. The van der Waals surface area contributed by atoms with E-state index in [2.05, 4.69) is 5.32 Å². The molecule has 0 bridgehead atoms. The number of benzene rings is 1. The van der Waals surface area contributed by atoms with Crippen molar-refractivity contribution in [2.75, 3.05) is 31.1 Å². The maximum absolute atomic E-state index is 13.1. The summed E-state index contributed by atoms with van der Waals surface area (Å²) in [5, 5.41) is 2.42. The standard InChI is InChI=1S/C14H17F3N2OS/c15-14(16,17)12(11-4-2-1-3-5-11)10-18-13(20)19-6-8-21-9-7-19/h1-5,12H,6-10H2,(H,18,20)/t12-/m1/s1. The average molecular weight is 318 g/mol.